The Hall–Kier alpha value is -2.16. The molecule has 0 aliphatic carbocycles. The highest BCUT2D eigenvalue weighted by Gasteiger charge is 2.80. The van der Waals surface area contributed by atoms with Gasteiger partial charge in [0.05, 0.1) is 40.8 Å². The zero-order chi connectivity index (χ0) is 25.7. The second-order valence-electron chi connectivity index (χ2n) is 10.4. The highest BCUT2D eigenvalue weighted by Crippen LogP contribution is 2.65. The summed E-state index contributed by atoms with van der Waals surface area (Å²) in [6.45, 7) is 9.78. The van der Waals surface area contributed by atoms with Gasteiger partial charge in [0.15, 0.2) is 0 Å². The van der Waals surface area contributed by atoms with Crippen molar-refractivity contribution in [2.45, 2.75) is 77.2 Å². The van der Waals surface area contributed by atoms with Crippen LogP contribution < -0.4 is 10.6 Å². The number of rotatable bonds is 8. The van der Waals surface area contributed by atoms with E-state index >= 15 is 0 Å². The van der Waals surface area contributed by atoms with E-state index in [4.69, 9.17) is 16.3 Å². The Bertz CT molecular complexity index is 1010. The highest BCUT2D eigenvalue weighted by atomic mass is 35.5. The molecule has 1 spiro atoms. The summed E-state index contributed by atoms with van der Waals surface area (Å²) in [5.74, 6) is -2.52. The highest BCUT2D eigenvalue weighted by molar-refractivity contribution is 6.34. The first-order valence-electron chi connectivity index (χ1n) is 12.5. The van der Waals surface area contributed by atoms with E-state index in [-0.39, 0.29) is 24.3 Å². The molecule has 35 heavy (non-hydrogen) atoms. The van der Waals surface area contributed by atoms with Crippen LogP contribution in [0, 0.1) is 24.7 Å². The Morgan fingerprint density at radius 2 is 2.03 bits per heavy atom. The zero-order valence-electron chi connectivity index (χ0n) is 21.1. The summed E-state index contributed by atoms with van der Waals surface area (Å²) >= 11 is 6.39. The van der Waals surface area contributed by atoms with Gasteiger partial charge in [-0.1, -0.05) is 44.5 Å². The second kappa shape index (κ2) is 9.37. The Kier molecular flexibility index (Phi) is 6.94. The summed E-state index contributed by atoms with van der Waals surface area (Å²) in [4.78, 5) is 42.8. The molecule has 3 saturated heterocycles. The van der Waals surface area contributed by atoms with Gasteiger partial charge in [0.25, 0.3) is 0 Å². The van der Waals surface area contributed by atoms with Crippen molar-refractivity contribution >= 4 is 35.0 Å². The molecule has 3 amide bonds. The van der Waals surface area contributed by atoms with Crippen molar-refractivity contribution in [1.29, 1.82) is 0 Å². The molecule has 2 bridgehead atoms. The summed E-state index contributed by atoms with van der Waals surface area (Å²) in [5.41, 5.74) is -0.767. The van der Waals surface area contributed by atoms with E-state index in [1.54, 1.807) is 12.1 Å². The number of aryl methyl sites for hydroxylation is 1. The van der Waals surface area contributed by atoms with Crippen molar-refractivity contribution in [2.75, 3.05) is 18.5 Å². The third kappa shape index (κ3) is 3.76. The van der Waals surface area contributed by atoms with Gasteiger partial charge in [-0.05, 0) is 50.7 Å². The molecule has 192 valence electrons. The molecule has 3 fully saturated rings. The fraction of sp³-hybridized carbons (Fsp3) is 0.654. The number of nitrogens with zero attached hydrogens (tertiary/aromatic N) is 1. The van der Waals surface area contributed by atoms with Crippen LogP contribution >= 0.6 is 11.6 Å². The lowest BCUT2D eigenvalue weighted by molar-refractivity contribution is -0.149. The average molecular weight is 506 g/mol. The van der Waals surface area contributed by atoms with Crippen molar-refractivity contribution < 1.29 is 24.2 Å². The first-order valence-corrected chi connectivity index (χ1v) is 12.9. The first kappa shape index (κ1) is 25.9. The van der Waals surface area contributed by atoms with Gasteiger partial charge in [-0.15, -0.1) is 0 Å². The number of ether oxygens (including phenoxy) is 1. The van der Waals surface area contributed by atoms with E-state index in [1.807, 2.05) is 40.7 Å². The molecule has 0 aromatic heterocycles. The molecule has 0 saturated carbocycles. The topological polar surface area (TPSA) is 108 Å². The Labute approximate surface area is 211 Å². The Morgan fingerprint density at radius 1 is 1.31 bits per heavy atom. The molecule has 3 unspecified atom stereocenters. The average Bonchev–Trinajstić information content (AvgIpc) is 3.33. The quantitative estimate of drug-likeness (QED) is 0.503. The molecule has 0 radical (unpaired) electrons. The SMILES string of the molecule is CCCNC(=O)[C@H]1[C@H]2C(=O)N([C@@H](CC)CO)C(C(=O)Nc3c(C)cccc3Cl)C23CC(C)[C@]1(C)O3. The van der Waals surface area contributed by atoms with Crippen LogP contribution in [0.5, 0.6) is 0 Å². The lowest BCUT2D eigenvalue weighted by Gasteiger charge is -2.36. The number of aliphatic hydroxyl groups is 1. The van der Waals surface area contributed by atoms with E-state index in [0.29, 0.717) is 30.1 Å². The van der Waals surface area contributed by atoms with Gasteiger partial charge in [-0.2, -0.15) is 0 Å². The molecule has 3 aliphatic rings. The molecule has 3 aliphatic heterocycles. The lowest BCUT2D eigenvalue weighted by atomic mass is 9.62. The maximum Gasteiger partial charge on any atom is 0.250 e. The van der Waals surface area contributed by atoms with E-state index in [1.165, 1.54) is 4.90 Å². The smallest absolute Gasteiger partial charge is 0.250 e. The lowest BCUT2D eigenvalue weighted by Crippen LogP contribution is -2.56. The van der Waals surface area contributed by atoms with Gasteiger partial charge < -0.3 is 25.4 Å². The number of likely N-dealkylation sites (tertiary alicyclic amines) is 1. The van der Waals surface area contributed by atoms with Gasteiger partial charge >= 0.3 is 0 Å². The summed E-state index contributed by atoms with van der Waals surface area (Å²) in [6, 6.07) is 3.77. The van der Waals surface area contributed by atoms with Gasteiger partial charge in [0, 0.05) is 6.54 Å². The third-order valence-electron chi connectivity index (χ3n) is 8.38. The number of aliphatic hydroxyl groups excluding tert-OH is 1. The van der Waals surface area contributed by atoms with Crippen LogP contribution in [0.2, 0.25) is 5.02 Å². The summed E-state index contributed by atoms with van der Waals surface area (Å²) in [7, 11) is 0. The number of benzene rings is 1. The molecule has 7 atom stereocenters. The van der Waals surface area contributed by atoms with Crippen molar-refractivity contribution in [3.8, 4) is 0 Å². The number of hydrogen-bond donors (Lipinski definition) is 3. The summed E-state index contributed by atoms with van der Waals surface area (Å²) in [5, 5.41) is 16.4. The first-order chi connectivity index (χ1) is 16.6. The normalized spacial score (nSPS) is 34.1. The standard InChI is InChI=1S/C26H36ClN3O5/c1-6-11-28-22(32)18-19-24(34)30(16(7-2)13-31)21(26(19)12-15(4)25(18,5)35-26)23(33)29-20-14(3)9-8-10-17(20)27/h8-10,15-16,18-19,21,31H,6-7,11-13H2,1-5H3,(H,28,32)(H,29,33)/t15?,16-,18+,19-,21?,25-,26?/m0/s1. The number of carbonyl (C=O) groups is 3. The van der Waals surface area contributed by atoms with Gasteiger partial charge in [-0.3, -0.25) is 14.4 Å². The summed E-state index contributed by atoms with van der Waals surface area (Å²) < 4.78 is 6.67. The number of anilines is 1. The van der Waals surface area contributed by atoms with Crippen LogP contribution in [0.15, 0.2) is 18.2 Å². The minimum atomic E-state index is -1.17. The number of nitrogens with one attached hydrogen (secondary N) is 2. The Morgan fingerprint density at radius 3 is 2.63 bits per heavy atom. The number of fused-ring (bicyclic) bond motifs is 1. The fourth-order valence-electron chi connectivity index (χ4n) is 6.52. The third-order valence-corrected chi connectivity index (χ3v) is 8.69. The minimum absolute atomic E-state index is 0.0459. The molecule has 8 nitrogen and oxygen atoms in total. The van der Waals surface area contributed by atoms with E-state index in [9.17, 15) is 19.5 Å². The molecule has 3 heterocycles. The molecule has 9 heteroatoms. The summed E-state index contributed by atoms with van der Waals surface area (Å²) in [6.07, 6.45) is 1.70. The van der Waals surface area contributed by atoms with Gasteiger partial charge in [0.2, 0.25) is 17.7 Å². The predicted molar refractivity (Wildman–Crippen MR) is 133 cm³/mol. The molecular weight excluding hydrogens is 470 g/mol. The molecule has 3 N–H and O–H groups in total. The predicted octanol–water partition coefficient (Wildman–Crippen LogP) is 2.89. The van der Waals surface area contributed by atoms with Crippen LogP contribution in [0.4, 0.5) is 5.69 Å². The fourth-order valence-corrected chi connectivity index (χ4v) is 6.79. The molecular formula is C26H36ClN3O5. The van der Waals surface area contributed by atoms with Crippen LogP contribution in [-0.4, -0.2) is 64.2 Å². The van der Waals surface area contributed by atoms with E-state index in [0.717, 1.165) is 12.0 Å². The molecule has 1 aromatic rings. The maximum absolute atomic E-state index is 14.0. The molecule has 1 aromatic carbocycles. The van der Waals surface area contributed by atoms with Crippen molar-refractivity contribution in [3.05, 3.63) is 28.8 Å². The van der Waals surface area contributed by atoms with Gasteiger partial charge in [0.1, 0.15) is 11.6 Å². The monoisotopic (exact) mass is 505 g/mol. The van der Waals surface area contributed by atoms with Crippen LogP contribution in [-0.2, 0) is 19.1 Å². The number of carbonyl (C=O) groups excluding carboxylic acids is 3. The zero-order valence-corrected chi connectivity index (χ0v) is 21.8. The maximum atomic E-state index is 14.0. The number of hydrogen-bond acceptors (Lipinski definition) is 5. The second-order valence-corrected chi connectivity index (χ2v) is 10.8. The van der Waals surface area contributed by atoms with Crippen molar-refractivity contribution in [3.63, 3.8) is 0 Å². The van der Waals surface area contributed by atoms with Gasteiger partial charge in [-0.25, -0.2) is 0 Å². The number of para-hydroxylation sites is 1. The largest absolute Gasteiger partial charge is 0.394 e. The van der Waals surface area contributed by atoms with E-state index < -0.39 is 41.0 Å². The number of halogens is 1. The van der Waals surface area contributed by atoms with Crippen LogP contribution in [0.25, 0.3) is 0 Å². The van der Waals surface area contributed by atoms with Crippen LogP contribution in [0.1, 0.15) is 52.5 Å². The van der Waals surface area contributed by atoms with Crippen molar-refractivity contribution in [2.24, 2.45) is 17.8 Å². The minimum Gasteiger partial charge on any atom is -0.394 e. The van der Waals surface area contributed by atoms with Crippen LogP contribution in [0.3, 0.4) is 0 Å². The van der Waals surface area contributed by atoms with Crippen molar-refractivity contribution in [1.82, 2.24) is 10.2 Å². The molecule has 4 rings (SSSR count). The number of amides is 3. The van der Waals surface area contributed by atoms with E-state index in [2.05, 4.69) is 10.6 Å². The Balaban J connectivity index is 1.81.